The van der Waals surface area contributed by atoms with Crippen LogP contribution in [0.5, 0.6) is 0 Å². The van der Waals surface area contributed by atoms with Crippen molar-refractivity contribution in [2.45, 2.75) is 63.6 Å². The quantitative estimate of drug-likeness (QED) is 0.895. The van der Waals surface area contributed by atoms with Crippen molar-refractivity contribution in [3.8, 4) is 0 Å². The van der Waals surface area contributed by atoms with Gasteiger partial charge in [-0.25, -0.2) is 4.98 Å². The fourth-order valence-corrected chi connectivity index (χ4v) is 3.99. The van der Waals surface area contributed by atoms with Gasteiger partial charge in [0.05, 0.1) is 6.10 Å². The van der Waals surface area contributed by atoms with Crippen LogP contribution in [-0.4, -0.2) is 32.7 Å². The van der Waals surface area contributed by atoms with Crippen LogP contribution in [0.4, 0.5) is 5.13 Å². The number of aliphatic hydroxyl groups is 1. The Labute approximate surface area is 106 Å². The van der Waals surface area contributed by atoms with Gasteiger partial charge in [0.25, 0.3) is 0 Å². The summed E-state index contributed by atoms with van der Waals surface area (Å²) in [5.74, 6) is 0.984. The zero-order valence-corrected chi connectivity index (χ0v) is 11.0. The number of fused-ring (bicyclic) bond motifs is 2. The van der Waals surface area contributed by atoms with Crippen LogP contribution in [0, 0.1) is 0 Å². The number of rotatable bonds is 3. The largest absolute Gasteiger partial charge is 0.393 e. The van der Waals surface area contributed by atoms with Crippen molar-refractivity contribution in [1.82, 2.24) is 9.36 Å². The van der Waals surface area contributed by atoms with Crippen molar-refractivity contribution in [1.29, 1.82) is 0 Å². The van der Waals surface area contributed by atoms with Crippen LogP contribution in [-0.2, 0) is 6.42 Å². The first-order valence-electron chi connectivity index (χ1n) is 6.57. The van der Waals surface area contributed by atoms with Crippen LogP contribution in [0.15, 0.2) is 0 Å². The van der Waals surface area contributed by atoms with E-state index in [0.717, 1.165) is 36.6 Å². The van der Waals surface area contributed by atoms with E-state index in [1.807, 2.05) is 0 Å². The molecular weight excluding hydrogens is 234 g/mol. The van der Waals surface area contributed by atoms with Crippen LogP contribution in [0.2, 0.25) is 0 Å². The van der Waals surface area contributed by atoms with E-state index >= 15 is 0 Å². The molecule has 2 unspecified atom stereocenters. The molecule has 4 nitrogen and oxygen atoms in total. The fourth-order valence-electron chi connectivity index (χ4n) is 3.14. The Morgan fingerprint density at radius 3 is 2.71 bits per heavy atom. The zero-order valence-electron chi connectivity index (χ0n) is 10.2. The highest BCUT2D eigenvalue weighted by Crippen LogP contribution is 2.39. The predicted molar refractivity (Wildman–Crippen MR) is 68.4 cm³/mol. The van der Waals surface area contributed by atoms with Gasteiger partial charge < -0.3 is 10.0 Å². The molecule has 0 radical (unpaired) electrons. The molecule has 1 aromatic rings. The van der Waals surface area contributed by atoms with Gasteiger partial charge in [-0.05, 0) is 32.1 Å². The van der Waals surface area contributed by atoms with Crippen LogP contribution >= 0.6 is 11.5 Å². The average molecular weight is 253 g/mol. The molecule has 0 aromatic carbocycles. The van der Waals surface area contributed by atoms with Crippen molar-refractivity contribution < 1.29 is 5.11 Å². The molecule has 1 N–H and O–H groups in total. The Bertz CT molecular complexity index is 381. The Kier molecular flexibility index (Phi) is 3.04. The summed E-state index contributed by atoms with van der Waals surface area (Å²) in [4.78, 5) is 7.06. The lowest BCUT2D eigenvalue weighted by Gasteiger charge is -2.36. The van der Waals surface area contributed by atoms with Gasteiger partial charge in [0.15, 0.2) is 0 Å². The second kappa shape index (κ2) is 4.53. The van der Waals surface area contributed by atoms with Gasteiger partial charge >= 0.3 is 0 Å². The molecule has 2 atom stereocenters. The summed E-state index contributed by atoms with van der Waals surface area (Å²) in [5.41, 5.74) is 0. The molecule has 2 fully saturated rings. The van der Waals surface area contributed by atoms with E-state index in [4.69, 9.17) is 0 Å². The second-order valence-corrected chi connectivity index (χ2v) is 5.89. The van der Waals surface area contributed by atoms with E-state index in [1.165, 1.54) is 24.4 Å². The third kappa shape index (κ3) is 2.06. The van der Waals surface area contributed by atoms with E-state index in [-0.39, 0.29) is 6.10 Å². The van der Waals surface area contributed by atoms with E-state index < -0.39 is 0 Å². The predicted octanol–water partition coefficient (Wildman–Crippen LogP) is 1.98. The summed E-state index contributed by atoms with van der Waals surface area (Å²) in [6, 6.07) is 0.984. The van der Waals surface area contributed by atoms with Crippen molar-refractivity contribution in [2.24, 2.45) is 0 Å². The molecule has 94 valence electrons. The highest BCUT2D eigenvalue weighted by atomic mass is 32.1. The van der Waals surface area contributed by atoms with Crippen LogP contribution < -0.4 is 4.90 Å². The summed E-state index contributed by atoms with van der Waals surface area (Å²) in [6.45, 7) is 2.15. The van der Waals surface area contributed by atoms with E-state index in [9.17, 15) is 5.11 Å². The number of aliphatic hydroxyl groups excluding tert-OH is 1. The first-order chi connectivity index (χ1) is 8.28. The number of hydrogen-bond acceptors (Lipinski definition) is 5. The lowest BCUT2D eigenvalue weighted by atomic mass is 10.0. The van der Waals surface area contributed by atoms with Crippen molar-refractivity contribution in [3.63, 3.8) is 0 Å². The lowest BCUT2D eigenvalue weighted by molar-refractivity contribution is 0.126. The molecule has 0 aliphatic carbocycles. The molecule has 3 rings (SSSR count). The van der Waals surface area contributed by atoms with E-state index in [2.05, 4.69) is 21.2 Å². The number of nitrogens with zero attached hydrogens (tertiary/aromatic N) is 3. The molecular formula is C12H19N3OS. The Hall–Kier alpha value is -0.680. The zero-order chi connectivity index (χ0) is 11.8. The maximum atomic E-state index is 9.78. The number of hydrogen-bond donors (Lipinski definition) is 1. The van der Waals surface area contributed by atoms with Gasteiger partial charge in [0.1, 0.15) is 5.82 Å². The Morgan fingerprint density at radius 2 is 2.06 bits per heavy atom. The number of aromatic nitrogens is 2. The maximum Gasteiger partial charge on any atom is 0.205 e. The lowest BCUT2D eigenvalue weighted by Crippen LogP contribution is -2.44. The molecule has 1 aromatic heterocycles. The van der Waals surface area contributed by atoms with Crippen LogP contribution in [0.3, 0.4) is 0 Å². The molecule has 0 amide bonds. The van der Waals surface area contributed by atoms with Crippen molar-refractivity contribution >= 4 is 16.7 Å². The number of aryl methyl sites for hydroxylation is 1. The molecule has 17 heavy (non-hydrogen) atoms. The molecule has 2 aliphatic heterocycles. The van der Waals surface area contributed by atoms with Gasteiger partial charge in [-0.3, -0.25) is 0 Å². The minimum Gasteiger partial charge on any atom is -0.393 e. The third-order valence-electron chi connectivity index (χ3n) is 3.86. The molecule has 0 saturated carbocycles. The van der Waals surface area contributed by atoms with Crippen LogP contribution in [0.1, 0.15) is 44.9 Å². The minimum atomic E-state index is -0.105. The maximum absolute atomic E-state index is 9.78. The molecule has 2 bridgehead atoms. The highest BCUT2D eigenvalue weighted by Gasteiger charge is 2.41. The van der Waals surface area contributed by atoms with E-state index in [0.29, 0.717) is 12.1 Å². The SMILES string of the molecule is CCCc1nsc(N2C3CCC2CC(O)C3)n1. The van der Waals surface area contributed by atoms with Gasteiger partial charge in [-0.1, -0.05) is 6.92 Å². The molecule has 3 heterocycles. The van der Waals surface area contributed by atoms with Crippen LogP contribution in [0.25, 0.3) is 0 Å². The topological polar surface area (TPSA) is 49.2 Å². The third-order valence-corrected chi connectivity index (χ3v) is 4.63. The molecule has 2 aliphatic rings. The number of anilines is 1. The standard InChI is InChI=1S/C12H19N3OS/c1-2-3-11-13-12(17-14-11)15-8-4-5-9(15)7-10(16)6-8/h8-10,16H,2-7H2,1H3. The van der Waals surface area contributed by atoms with Gasteiger partial charge in [0, 0.05) is 30.0 Å². The average Bonchev–Trinajstić information content (AvgIpc) is 2.83. The smallest absolute Gasteiger partial charge is 0.205 e. The van der Waals surface area contributed by atoms with Crippen molar-refractivity contribution in [3.05, 3.63) is 5.82 Å². The summed E-state index contributed by atoms with van der Waals surface area (Å²) in [7, 11) is 0. The molecule has 2 saturated heterocycles. The van der Waals surface area contributed by atoms with Crippen molar-refractivity contribution in [2.75, 3.05) is 4.90 Å². The minimum absolute atomic E-state index is 0.105. The van der Waals surface area contributed by atoms with Gasteiger partial charge in [0.2, 0.25) is 5.13 Å². The monoisotopic (exact) mass is 253 g/mol. The Balaban J connectivity index is 1.79. The second-order valence-electron chi connectivity index (χ2n) is 5.16. The van der Waals surface area contributed by atoms with Gasteiger partial charge in [-0.15, -0.1) is 0 Å². The summed E-state index contributed by atoms with van der Waals surface area (Å²) in [5, 5.41) is 10.9. The summed E-state index contributed by atoms with van der Waals surface area (Å²) in [6.07, 6.45) is 6.17. The molecule has 0 spiro atoms. The normalized spacial score (nSPS) is 32.1. The first kappa shape index (κ1) is 11.4. The molecule has 5 heteroatoms. The summed E-state index contributed by atoms with van der Waals surface area (Å²) >= 11 is 1.53. The van der Waals surface area contributed by atoms with E-state index in [1.54, 1.807) is 0 Å². The van der Waals surface area contributed by atoms with Gasteiger partial charge in [-0.2, -0.15) is 4.37 Å². The Morgan fingerprint density at radius 1 is 1.35 bits per heavy atom. The highest BCUT2D eigenvalue weighted by molar-refractivity contribution is 7.09. The fraction of sp³-hybridized carbons (Fsp3) is 0.833. The number of piperidine rings is 1. The first-order valence-corrected chi connectivity index (χ1v) is 7.34. The summed E-state index contributed by atoms with van der Waals surface area (Å²) < 4.78 is 4.42.